The summed E-state index contributed by atoms with van der Waals surface area (Å²) in [7, 11) is 0.700. The summed E-state index contributed by atoms with van der Waals surface area (Å²) in [5, 5.41) is 14.6. The molecule has 0 aliphatic rings. The van der Waals surface area contributed by atoms with Gasteiger partial charge in [-0.05, 0) is 6.66 Å². The van der Waals surface area contributed by atoms with Crippen LogP contribution in [0.4, 0.5) is 0 Å². The predicted octanol–water partition coefficient (Wildman–Crippen LogP) is -0.445. The minimum atomic E-state index is -0.817. The molecule has 0 aromatic heterocycles. The SMILES string of the molecule is CPNCCNCO[N+](=O)[O-]. The van der Waals surface area contributed by atoms with Crippen LogP contribution in [0.1, 0.15) is 0 Å². The maximum absolute atomic E-state index is 9.62. The lowest BCUT2D eigenvalue weighted by Gasteiger charge is -2.02. The molecule has 7 heteroatoms. The molecule has 0 amide bonds. The van der Waals surface area contributed by atoms with E-state index in [4.69, 9.17) is 0 Å². The molecule has 0 aromatic carbocycles. The van der Waals surface area contributed by atoms with E-state index in [1.165, 1.54) is 0 Å². The molecule has 0 bridgehead atoms. The normalized spacial score (nSPS) is 10.6. The smallest absolute Gasteiger partial charge is 0.295 e. The average molecular weight is 181 g/mol. The summed E-state index contributed by atoms with van der Waals surface area (Å²) in [6.07, 6.45) is 0. The fourth-order valence-electron chi connectivity index (χ4n) is 0.446. The Hall–Kier alpha value is -0.450. The molecule has 66 valence electrons. The Bertz CT molecular complexity index is 113. The summed E-state index contributed by atoms with van der Waals surface area (Å²) in [4.78, 5) is 13.6. The Morgan fingerprint density at radius 2 is 2.36 bits per heavy atom. The van der Waals surface area contributed by atoms with Gasteiger partial charge in [0.2, 0.25) is 0 Å². The molecule has 0 heterocycles. The molecule has 2 N–H and O–H groups in total. The van der Waals surface area contributed by atoms with E-state index >= 15 is 0 Å². The molecule has 1 unspecified atom stereocenters. The molecule has 0 fully saturated rings. The first-order chi connectivity index (χ1) is 5.27. The van der Waals surface area contributed by atoms with Gasteiger partial charge >= 0.3 is 0 Å². The topological polar surface area (TPSA) is 76.4 Å². The summed E-state index contributed by atoms with van der Waals surface area (Å²) in [5.41, 5.74) is 0. The zero-order chi connectivity index (χ0) is 8.53. The zero-order valence-corrected chi connectivity index (χ0v) is 7.29. The Morgan fingerprint density at radius 1 is 1.64 bits per heavy atom. The summed E-state index contributed by atoms with van der Waals surface area (Å²) >= 11 is 0. The highest BCUT2D eigenvalue weighted by Gasteiger charge is 1.91. The quantitative estimate of drug-likeness (QED) is 0.183. The van der Waals surface area contributed by atoms with Gasteiger partial charge in [-0.25, -0.2) is 0 Å². The highest BCUT2D eigenvalue weighted by atomic mass is 31.1. The maximum Gasteiger partial charge on any atom is 0.295 e. The third kappa shape index (κ3) is 9.55. The van der Waals surface area contributed by atoms with Crippen LogP contribution in [-0.4, -0.2) is 31.6 Å². The first-order valence-corrected chi connectivity index (χ1v) is 4.65. The third-order valence-corrected chi connectivity index (χ3v) is 1.48. The van der Waals surface area contributed by atoms with Crippen molar-refractivity contribution in [3.8, 4) is 0 Å². The van der Waals surface area contributed by atoms with Crippen LogP contribution in [0.5, 0.6) is 0 Å². The van der Waals surface area contributed by atoms with Crippen molar-refractivity contribution < 1.29 is 9.92 Å². The van der Waals surface area contributed by atoms with Gasteiger partial charge in [0.15, 0.2) is 0 Å². The van der Waals surface area contributed by atoms with Gasteiger partial charge in [-0.1, -0.05) is 8.73 Å². The van der Waals surface area contributed by atoms with Gasteiger partial charge in [-0.3, -0.25) is 15.2 Å². The third-order valence-electron chi connectivity index (χ3n) is 0.876. The van der Waals surface area contributed by atoms with Crippen LogP contribution in [0, 0.1) is 10.1 Å². The maximum atomic E-state index is 9.62. The average Bonchev–Trinajstić information content (AvgIpc) is 1.96. The molecule has 0 aromatic rings. The van der Waals surface area contributed by atoms with Crippen molar-refractivity contribution in [3.63, 3.8) is 0 Å². The van der Waals surface area contributed by atoms with E-state index in [0.29, 0.717) is 15.3 Å². The first-order valence-electron chi connectivity index (χ1n) is 3.15. The van der Waals surface area contributed by atoms with Gasteiger partial charge in [0.05, 0.1) is 0 Å². The van der Waals surface area contributed by atoms with Crippen molar-refractivity contribution in [2.75, 3.05) is 26.5 Å². The Morgan fingerprint density at radius 3 is 2.91 bits per heavy atom. The van der Waals surface area contributed by atoms with Gasteiger partial charge in [0, 0.05) is 13.1 Å². The van der Waals surface area contributed by atoms with E-state index in [0.717, 1.165) is 6.54 Å². The monoisotopic (exact) mass is 181 g/mol. The number of hydrogen-bond donors (Lipinski definition) is 2. The summed E-state index contributed by atoms with van der Waals surface area (Å²) in [6.45, 7) is 3.46. The van der Waals surface area contributed by atoms with Crippen LogP contribution in [-0.2, 0) is 4.84 Å². The Balaban J connectivity index is 2.85. The van der Waals surface area contributed by atoms with Crippen molar-refractivity contribution in [2.45, 2.75) is 0 Å². The van der Waals surface area contributed by atoms with E-state index < -0.39 is 5.09 Å². The second-order valence-electron chi connectivity index (χ2n) is 1.67. The van der Waals surface area contributed by atoms with E-state index in [2.05, 4.69) is 15.2 Å². The Kier molecular flexibility index (Phi) is 7.34. The van der Waals surface area contributed by atoms with Crippen LogP contribution in [0.15, 0.2) is 0 Å². The van der Waals surface area contributed by atoms with Crippen molar-refractivity contribution in [1.82, 2.24) is 10.4 Å². The summed E-state index contributed by atoms with van der Waals surface area (Å²) in [6, 6.07) is 0. The largest absolute Gasteiger partial charge is 0.299 e. The Labute approximate surface area is 66.6 Å². The van der Waals surface area contributed by atoms with Gasteiger partial charge in [0.1, 0.15) is 6.73 Å². The van der Waals surface area contributed by atoms with Gasteiger partial charge in [-0.2, -0.15) is 0 Å². The lowest BCUT2D eigenvalue weighted by molar-refractivity contribution is -0.758. The number of hydrogen-bond acceptors (Lipinski definition) is 5. The predicted molar refractivity (Wildman–Crippen MR) is 43.2 cm³/mol. The molecule has 11 heavy (non-hydrogen) atoms. The zero-order valence-electron chi connectivity index (χ0n) is 6.29. The molecule has 0 saturated carbocycles. The van der Waals surface area contributed by atoms with Gasteiger partial charge in [0.25, 0.3) is 5.09 Å². The van der Waals surface area contributed by atoms with Crippen LogP contribution >= 0.6 is 8.73 Å². The molecule has 0 saturated heterocycles. The molecule has 1 atom stereocenters. The van der Waals surface area contributed by atoms with Crippen LogP contribution in [0.3, 0.4) is 0 Å². The van der Waals surface area contributed by atoms with Crippen molar-refractivity contribution in [2.24, 2.45) is 0 Å². The highest BCUT2D eigenvalue weighted by molar-refractivity contribution is 7.34. The molecular weight excluding hydrogens is 169 g/mol. The molecule has 0 aliphatic carbocycles. The van der Waals surface area contributed by atoms with Gasteiger partial charge in [-0.15, -0.1) is 10.1 Å². The fraction of sp³-hybridized carbons (Fsp3) is 1.00. The molecule has 0 aliphatic heterocycles. The minimum absolute atomic E-state index is 0.0402. The number of rotatable bonds is 7. The standard InChI is InChI=1S/C4H12N3O3P/c1-11-6-3-2-5-4-10-7(8)9/h5-6,11H,2-4H2,1H3. The number of nitrogens with one attached hydrogen (secondary N) is 2. The van der Waals surface area contributed by atoms with Crippen LogP contribution < -0.4 is 10.4 Å². The molecule has 0 rings (SSSR count). The summed E-state index contributed by atoms with van der Waals surface area (Å²) < 4.78 is 0. The molecular formula is C4H12N3O3P. The van der Waals surface area contributed by atoms with Crippen molar-refractivity contribution >= 4 is 8.73 Å². The van der Waals surface area contributed by atoms with Gasteiger partial charge < -0.3 is 0 Å². The van der Waals surface area contributed by atoms with E-state index in [1.807, 2.05) is 6.66 Å². The van der Waals surface area contributed by atoms with E-state index in [-0.39, 0.29) is 6.73 Å². The lowest BCUT2D eigenvalue weighted by atomic mass is 10.7. The van der Waals surface area contributed by atoms with Crippen molar-refractivity contribution in [1.29, 1.82) is 0 Å². The second-order valence-corrected chi connectivity index (χ2v) is 2.53. The first kappa shape index (κ1) is 10.6. The second kappa shape index (κ2) is 7.65. The highest BCUT2D eigenvalue weighted by Crippen LogP contribution is 1.88. The fourth-order valence-corrected chi connectivity index (χ4v) is 0.821. The molecule has 6 nitrogen and oxygen atoms in total. The minimum Gasteiger partial charge on any atom is -0.299 e. The van der Waals surface area contributed by atoms with Crippen LogP contribution in [0.25, 0.3) is 0 Å². The van der Waals surface area contributed by atoms with E-state index in [9.17, 15) is 10.1 Å². The summed E-state index contributed by atoms with van der Waals surface area (Å²) in [5.74, 6) is 0. The van der Waals surface area contributed by atoms with Crippen molar-refractivity contribution in [3.05, 3.63) is 10.1 Å². The van der Waals surface area contributed by atoms with Crippen LogP contribution in [0.2, 0.25) is 0 Å². The van der Waals surface area contributed by atoms with E-state index in [1.54, 1.807) is 0 Å². The molecule has 0 spiro atoms. The lowest BCUT2D eigenvalue weighted by Crippen LogP contribution is -2.26. The number of nitrogens with zero attached hydrogens (tertiary/aromatic N) is 1. The molecule has 0 radical (unpaired) electrons.